The lowest BCUT2D eigenvalue weighted by Gasteiger charge is -2.28. The number of benzene rings is 2. The Hall–Kier alpha value is -1.78. The van der Waals surface area contributed by atoms with Crippen LogP contribution < -0.4 is 5.32 Å². The molecule has 1 aliphatic heterocycles. The number of rotatable bonds is 4. The number of amides is 3. The summed E-state index contributed by atoms with van der Waals surface area (Å²) >= 11 is 12.1. The maximum absolute atomic E-state index is 13.0. The van der Waals surface area contributed by atoms with Gasteiger partial charge >= 0.3 is 12.2 Å². The summed E-state index contributed by atoms with van der Waals surface area (Å²) in [4.78, 5) is 28.9. The van der Waals surface area contributed by atoms with E-state index in [1.165, 1.54) is 4.90 Å². The Labute approximate surface area is 205 Å². The molecular formula is C21H19Br2ClF3N3O2. The van der Waals surface area contributed by atoms with Gasteiger partial charge in [0.2, 0.25) is 5.91 Å². The number of carbonyl (C=O) groups is 2. The van der Waals surface area contributed by atoms with Crippen LogP contribution in [0.15, 0.2) is 45.3 Å². The third-order valence-electron chi connectivity index (χ3n) is 5.11. The molecule has 2 aromatic carbocycles. The fraction of sp³-hybridized carbons (Fsp3) is 0.333. The molecule has 0 radical (unpaired) electrons. The molecule has 1 atom stereocenters. The maximum atomic E-state index is 13.0. The largest absolute Gasteiger partial charge is 0.416 e. The van der Waals surface area contributed by atoms with Gasteiger partial charge in [0.25, 0.3) is 0 Å². The van der Waals surface area contributed by atoms with Gasteiger partial charge in [-0.15, -0.1) is 0 Å². The molecule has 0 aliphatic carbocycles. The molecule has 5 nitrogen and oxygen atoms in total. The molecule has 0 bridgehead atoms. The van der Waals surface area contributed by atoms with Crippen molar-refractivity contribution in [2.24, 2.45) is 0 Å². The van der Waals surface area contributed by atoms with Crippen LogP contribution in [0.2, 0.25) is 5.02 Å². The second-order valence-electron chi connectivity index (χ2n) is 7.41. The summed E-state index contributed by atoms with van der Waals surface area (Å²) in [5, 5.41) is 3.22. The number of likely N-dealkylation sites (N-methyl/N-ethyl adjacent to an activating group) is 1. The van der Waals surface area contributed by atoms with E-state index in [0.717, 1.165) is 17.7 Å². The number of alkyl halides is 3. The first-order valence-corrected chi connectivity index (χ1v) is 11.6. The van der Waals surface area contributed by atoms with E-state index in [1.807, 2.05) is 12.1 Å². The average molecular weight is 598 g/mol. The highest BCUT2D eigenvalue weighted by molar-refractivity contribution is 9.11. The predicted octanol–water partition coefficient (Wildman–Crippen LogP) is 6.54. The lowest BCUT2D eigenvalue weighted by Crippen LogP contribution is -2.47. The fourth-order valence-electron chi connectivity index (χ4n) is 3.50. The molecule has 32 heavy (non-hydrogen) atoms. The molecule has 11 heteroatoms. The minimum atomic E-state index is -4.52. The normalized spacial score (nSPS) is 16.2. The Kier molecular flexibility index (Phi) is 7.77. The second kappa shape index (κ2) is 10.0. The number of hydrogen-bond donors (Lipinski definition) is 1. The first-order chi connectivity index (χ1) is 15.0. The van der Waals surface area contributed by atoms with Gasteiger partial charge in [0.05, 0.1) is 11.3 Å². The Morgan fingerprint density at radius 1 is 1.19 bits per heavy atom. The van der Waals surface area contributed by atoms with E-state index in [1.54, 1.807) is 24.1 Å². The van der Waals surface area contributed by atoms with Crippen molar-refractivity contribution in [1.82, 2.24) is 9.80 Å². The van der Waals surface area contributed by atoms with Gasteiger partial charge in [-0.1, -0.05) is 23.7 Å². The van der Waals surface area contributed by atoms with Crippen LogP contribution in [0, 0.1) is 0 Å². The highest BCUT2D eigenvalue weighted by atomic mass is 79.9. The van der Waals surface area contributed by atoms with Crippen molar-refractivity contribution >= 4 is 61.1 Å². The Morgan fingerprint density at radius 2 is 1.78 bits per heavy atom. The van der Waals surface area contributed by atoms with Gasteiger partial charge in [-0.05, 0) is 74.5 Å². The zero-order chi connectivity index (χ0) is 23.6. The Balaban J connectivity index is 1.71. The highest BCUT2D eigenvalue weighted by Crippen LogP contribution is 2.39. The summed E-state index contributed by atoms with van der Waals surface area (Å²) in [5.74, 6) is -0.210. The van der Waals surface area contributed by atoms with E-state index in [4.69, 9.17) is 11.6 Å². The number of hydrogen-bond acceptors (Lipinski definition) is 2. The van der Waals surface area contributed by atoms with Crippen molar-refractivity contribution in [2.75, 3.05) is 18.9 Å². The Bertz CT molecular complexity index is 995. The lowest BCUT2D eigenvalue weighted by molar-refractivity contribution is -0.137. The third kappa shape index (κ3) is 5.77. The van der Waals surface area contributed by atoms with Crippen LogP contribution in [0.5, 0.6) is 0 Å². The molecule has 3 amide bonds. The van der Waals surface area contributed by atoms with Crippen molar-refractivity contribution in [3.05, 3.63) is 61.5 Å². The summed E-state index contributed by atoms with van der Waals surface area (Å²) in [6.07, 6.45) is -3.37. The van der Waals surface area contributed by atoms with Crippen molar-refractivity contribution in [3.8, 4) is 0 Å². The van der Waals surface area contributed by atoms with Crippen LogP contribution in [-0.4, -0.2) is 41.4 Å². The van der Waals surface area contributed by atoms with Crippen molar-refractivity contribution in [1.29, 1.82) is 0 Å². The standard InChI is InChI=1S/C21H19Br2ClF3N3O2/c1-29(11-12-4-6-14(24)7-5-12)19(31)17-3-2-8-30(17)20(32)28-18-15(22)9-13(10-16(18)23)21(25,26)27/h4-7,9-10,17H,2-3,8,11H2,1H3,(H,28,32)/t17-/m1/s1. The van der Waals surface area contributed by atoms with E-state index >= 15 is 0 Å². The van der Waals surface area contributed by atoms with E-state index in [9.17, 15) is 22.8 Å². The number of likely N-dealkylation sites (tertiary alicyclic amines) is 1. The van der Waals surface area contributed by atoms with Gasteiger partial charge in [0.15, 0.2) is 0 Å². The van der Waals surface area contributed by atoms with Crippen LogP contribution in [0.3, 0.4) is 0 Å². The number of carbonyl (C=O) groups excluding carboxylic acids is 2. The second-order valence-corrected chi connectivity index (χ2v) is 9.56. The van der Waals surface area contributed by atoms with Crippen LogP contribution in [0.25, 0.3) is 0 Å². The van der Waals surface area contributed by atoms with Crippen LogP contribution in [-0.2, 0) is 17.5 Å². The lowest BCUT2D eigenvalue weighted by atomic mass is 10.1. The molecule has 0 saturated carbocycles. The topological polar surface area (TPSA) is 52.7 Å². The van der Waals surface area contributed by atoms with Gasteiger partial charge in [0, 0.05) is 34.1 Å². The van der Waals surface area contributed by atoms with Crippen molar-refractivity contribution in [2.45, 2.75) is 31.6 Å². The number of halogens is 6. The molecule has 3 rings (SSSR count). The zero-order valence-electron chi connectivity index (χ0n) is 16.8. The number of anilines is 1. The zero-order valence-corrected chi connectivity index (χ0v) is 20.8. The molecule has 1 heterocycles. The first-order valence-electron chi connectivity index (χ1n) is 9.60. The SMILES string of the molecule is CN(Cc1ccc(Cl)cc1)C(=O)[C@H]1CCCN1C(=O)Nc1c(Br)cc(C(F)(F)F)cc1Br. The van der Waals surface area contributed by atoms with Gasteiger partial charge in [-0.25, -0.2) is 4.79 Å². The van der Waals surface area contributed by atoms with Gasteiger partial charge in [-0.3, -0.25) is 4.79 Å². The van der Waals surface area contributed by atoms with E-state index in [2.05, 4.69) is 37.2 Å². The fourth-order valence-corrected chi connectivity index (χ4v) is 5.01. The molecule has 0 spiro atoms. The van der Waals surface area contributed by atoms with E-state index < -0.39 is 23.8 Å². The number of urea groups is 1. The number of nitrogens with zero attached hydrogens (tertiary/aromatic N) is 2. The van der Waals surface area contributed by atoms with Crippen molar-refractivity contribution in [3.63, 3.8) is 0 Å². The number of nitrogens with one attached hydrogen (secondary N) is 1. The molecule has 1 N–H and O–H groups in total. The van der Waals surface area contributed by atoms with Gasteiger partial charge < -0.3 is 15.1 Å². The minimum absolute atomic E-state index is 0.0782. The van der Waals surface area contributed by atoms with Crippen molar-refractivity contribution < 1.29 is 22.8 Å². The quantitative estimate of drug-likeness (QED) is 0.435. The van der Waals surface area contributed by atoms with Crippen LogP contribution in [0.4, 0.5) is 23.7 Å². The molecule has 0 aromatic heterocycles. The highest BCUT2D eigenvalue weighted by Gasteiger charge is 2.37. The predicted molar refractivity (Wildman–Crippen MR) is 124 cm³/mol. The summed E-state index contributed by atoms with van der Waals surface area (Å²) in [7, 11) is 1.66. The minimum Gasteiger partial charge on any atom is -0.340 e. The molecule has 1 aliphatic rings. The van der Waals surface area contributed by atoms with E-state index in [0.29, 0.717) is 31.0 Å². The molecule has 1 fully saturated rings. The van der Waals surface area contributed by atoms with Crippen LogP contribution in [0.1, 0.15) is 24.0 Å². The summed E-state index contributed by atoms with van der Waals surface area (Å²) in [6, 6.07) is 7.71. The smallest absolute Gasteiger partial charge is 0.340 e. The maximum Gasteiger partial charge on any atom is 0.416 e. The monoisotopic (exact) mass is 595 g/mol. The summed E-state index contributed by atoms with van der Waals surface area (Å²) < 4.78 is 39.1. The first kappa shape index (κ1) is 24.9. The third-order valence-corrected chi connectivity index (χ3v) is 6.61. The van der Waals surface area contributed by atoms with Gasteiger partial charge in [-0.2, -0.15) is 13.2 Å². The molecular weight excluding hydrogens is 579 g/mol. The van der Waals surface area contributed by atoms with Crippen LogP contribution >= 0.6 is 43.5 Å². The molecule has 172 valence electrons. The molecule has 1 saturated heterocycles. The molecule has 2 aromatic rings. The average Bonchev–Trinajstić information content (AvgIpc) is 3.20. The van der Waals surface area contributed by atoms with Gasteiger partial charge in [0.1, 0.15) is 6.04 Å². The summed E-state index contributed by atoms with van der Waals surface area (Å²) in [6.45, 7) is 0.727. The Morgan fingerprint density at radius 3 is 2.34 bits per heavy atom. The van der Waals surface area contributed by atoms with E-state index in [-0.39, 0.29) is 20.5 Å². The summed E-state index contributed by atoms with van der Waals surface area (Å²) in [5.41, 5.74) is 0.208. The molecule has 0 unspecified atom stereocenters.